The summed E-state index contributed by atoms with van der Waals surface area (Å²) in [4.78, 5) is 0. The maximum Gasteiger partial charge on any atom is 0.232 e. The first kappa shape index (κ1) is 15.5. The lowest BCUT2D eigenvalue weighted by atomic mass is 10.3. The zero-order chi connectivity index (χ0) is 14.6. The Kier molecular flexibility index (Phi) is 5.23. The minimum atomic E-state index is -3.46. The summed E-state index contributed by atoms with van der Waals surface area (Å²) in [5.41, 5.74) is 0.158. The lowest BCUT2D eigenvalue weighted by Gasteiger charge is -2.08. The Labute approximate surface area is 123 Å². The minimum absolute atomic E-state index is 0.0213. The number of hydrogen-bond donors (Lipinski definition) is 2. The van der Waals surface area contributed by atoms with Crippen LogP contribution < -0.4 is 10.0 Å². The fourth-order valence-corrected chi connectivity index (χ4v) is 3.24. The molecule has 0 spiro atoms. The molecule has 2 N–H and O–H groups in total. The Balaban J connectivity index is 1.77. The van der Waals surface area contributed by atoms with Gasteiger partial charge < -0.3 is 5.32 Å². The third kappa shape index (κ3) is 5.64. The van der Waals surface area contributed by atoms with Crippen LogP contribution in [0.1, 0.15) is 25.7 Å². The van der Waals surface area contributed by atoms with E-state index < -0.39 is 15.8 Å². The van der Waals surface area contributed by atoms with Crippen LogP contribution in [0.2, 0.25) is 5.02 Å². The van der Waals surface area contributed by atoms with Gasteiger partial charge in [0.2, 0.25) is 10.0 Å². The Morgan fingerprint density at radius 2 is 2.00 bits per heavy atom. The number of anilines is 1. The van der Waals surface area contributed by atoms with Gasteiger partial charge in [-0.15, -0.1) is 0 Å². The van der Waals surface area contributed by atoms with E-state index in [4.69, 9.17) is 11.6 Å². The SMILES string of the molecule is O=S(=O)(CCCCNC1CC1)Nc1cc(F)cc(Cl)c1. The van der Waals surface area contributed by atoms with Crippen molar-refractivity contribution in [2.24, 2.45) is 0 Å². The molecular weight excluding hydrogens is 303 g/mol. The van der Waals surface area contributed by atoms with Crippen LogP contribution in [0.5, 0.6) is 0 Å². The molecule has 1 aliphatic carbocycles. The predicted octanol–water partition coefficient (Wildman–Crippen LogP) is 2.75. The molecule has 0 aliphatic heterocycles. The summed E-state index contributed by atoms with van der Waals surface area (Å²) in [6.45, 7) is 0.839. The quantitative estimate of drug-likeness (QED) is 0.724. The van der Waals surface area contributed by atoms with E-state index in [2.05, 4.69) is 10.0 Å². The molecule has 1 saturated carbocycles. The molecular formula is C13H18ClFN2O2S. The van der Waals surface area contributed by atoms with Gasteiger partial charge in [0.15, 0.2) is 0 Å². The monoisotopic (exact) mass is 320 g/mol. The largest absolute Gasteiger partial charge is 0.314 e. The van der Waals surface area contributed by atoms with Gasteiger partial charge in [-0.3, -0.25) is 4.72 Å². The number of sulfonamides is 1. The Hall–Kier alpha value is -0.850. The van der Waals surface area contributed by atoms with Gasteiger partial charge in [0.25, 0.3) is 0 Å². The highest BCUT2D eigenvalue weighted by molar-refractivity contribution is 7.92. The smallest absolute Gasteiger partial charge is 0.232 e. The summed E-state index contributed by atoms with van der Waals surface area (Å²) in [6.07, 6.45) is 3.82. The number of benzene rings is 1. The molecule has 4 nitrogen and oxygen atoms in total. The Bertz CT molecular complexity index is 541. The summed E-state index contributed by atoms with van der Waals surface area (Å²) in [6, 6.07) is 4.26. The van der Waals surface area contributed by atoms with Gasteiger partial charge in [0.05, 0.1) is 11.4 Å². The van der Waals surface area contributed by atoms with E-state index in [9.17, 15) is 12.8 Å². The van der Waals surface area contributed by atoms with Gasteiger partial charge in [-0.05, 0) is 50.4 Å². The van der Waals surface area contributed by atoms with Crippen molar-refractivity contribution in [3.8, 4) is 0 Å². The van der Waals surface area contributed by atoms with Crippen LogP contribution in [0, 0.1) is 5.82 Å². The molecule has 0 amide bonds. The highest BCUT2D eigenvalue weighted by atomic mass is 35.5. The van der Waals surface area contributed by atoms with E-state index in [0.29, 0.717) is 12.5 Å². The fraction of sp³-hybridized carbons (Fsp3) is 0.538. The van der Waals surface area contributed by atoms with Crippen molar-refractivity contribution in [3.63, 3.8) is 0 Å². The number of halogens is 2. The van der Waals surface area contributed by atoms with E-state index in [1.165, 1.54) is 18.9 Å². The maximum absolute atomic E-state index is 13.1. The third-order valence-electron chi connectivity index (χ3n) is 2.99. The van der Waals surface area contributed by atoms with Crippen molar-refractivity contribution in [1.29, 1.82) is 0 Å². The zero-order valence-corrected chi connectivity index (χ0v) is 12.6. The summed E-state index contributed by atoms with van der Waals surface area (Å²) < 4.78 is 39.1. The summed E-state index contributed by atoms with van der Waals surface area (Å²) in [5, 5.41) is 3.49. The molecule has 2 rings (SSSR count). The molecule has 1 aliphatic rings. The summed E-state index contributed by atoms with van der Waals surface area (Å²) >= 11 is 5.68. The van der Waals surface area contributed by atoms with E-state index in [1.807, 2.05) is 0 Å². The van der Waals surface area contributed by atoms with Crippen molar-refractivity contribution in [2.45, 2.75) is 31.7 Å². The van der Waals surface area contributed by atoms with Crippen LogP contribution in [0.25, 0.3) is 0 Å². The molecule has 0 radical (unpaired) electrons. The van der Waals surface area contributed by atoms with Crippen LogP contribution in [0.4, 0.5) is 10.1 Å². The first-order chi connectivity index (χ1) is 9.44. The lowest BCUT2D eigenvalue weighted by molar-refractivity contribution is 0.590. The van der Waals surface area contributed by atoms with E-state index in [0.717, 1.165) is 25.1 Å². The number of unbranched alkanes of at least 4 members (excludes halogenated alkanes) is 1. The van der Waals surface area contributed by atoms with Crippen molar-refractivity contribution in [2.75, 3.05) is 17.0 Å². The molecule has 0 saturated heterocycles. The minimum Gasteiger partial charge on any atom is -0.314 e. The Morgan fingerprint density at radius 1 is 1.25 bits per heavy atom. The summed E-state index contributed by atoms with van der Waals surface area (Å²) in [7, 11) is -3.46. The second kappa shape index (κ2) is 6.74. The second-order valence-corrected chi connectivity index (χ2v) is 7.29. The van der Waals surface area contributed by atoms with Crippen LogP contribution >= 0.6 is 11.6 Å². The molecule has 20 heavy (non-hydrogen) atoms. The average molecular weight is 321 g/mol. The highest BCUT2D eigenvalue weighted by Gasteiger charge is 2.19. The highest BCUT2D eigenvalue weighted by Crippen LogP contribution is 2.20. The normalized spacial score (nSPS) is 15.3. The number of hydrogen-bond acceptors (Lipinski definition) is 3. The summed E-state index contributed by atoms with van der Waals surface area (Å²) in [5.74, 6) is -0.545. The number of rotatable bonds is 8. The van der Waals surface area contributed by atoms with Crippen molar-refractivity contribution < 1.29 is 12.8 Å². The van der Waals surface area contributed by atoms with E-state index >= 15 is 0 Å². The maximum atomic E-state index is 13.1. The molecule has 0 atom stereocenters. The van der Waals surface area contributed by atoms with Gasteiger partial charge in [-0.1, -0.05) is 11.6 Å². The van der Waals surface area contributed by atoms with Gasteiger partial charge in [-0.2, -0.15) is 0 Å². The van der Waals surface area contributed by atoms with Crippen LogP contribution in [0.15, 0.2) is 18.2 Å². The average Bonchev–Trinajstić information content (AvgIpc) is 3.10. The van der Waals surface area contributed by atoms with Gasteiger partial charge in [-0.25, -0.2) is 12.8 Å². The first-order valence-corrected chi connectivity index (χ1v) is 8.68. The molecule has 7 heteroatoms. The van der Waals surface area contributed by atoms with Gasteiger partial charge in [0, 0.05) is 11.1 Å². The van der Waals surface area contributed by atoms with Crippen LogP contribution in [0.3, 0.4) is 0 Å². The van der Waals surface area contributed by atoms with Crippen LogP contribution in [-0.4, -0.2) is 26.8 Å². The van der Waals surface area contributed by atoms with Gasteiger partial charge in [0.1, 0.15) is 5.82 Å². The standard InChI is InChI=1S/C13H18ClFN2O2S/c14-10-7-11(15)9-13(8-10)17-20(18,19)6-2-1-5-16-12-3-4-12/h7-9,12,16-17H,1-6H2. The molecule has 1 fully saturated rings. The lowest BCUT2D eigenvalue weighted by Crippen LogP contribution is -2.20. The second-order valence-electron chi connectivity index (χ2n) is 5.01. The molecule has 1 aromatic rings. The van der Waals surface area contributed by atoms with Gasteiger partial charge >= 0.3 is 0 Å². The molecule has 1 aromatic carbocycles. The first-order valence-electron chi connectivity index (χ1n) is 6.64. The molecule has 0 aromatic heterocycles. The van der Waals surface area contributed by atoms with Crippen LogP contribution in [-0.2, 0) is 10.0 Å². The van der Waals surface area contributed by atoms with E-state index in [-0.39, 0.29) is 16.5 Å². The Morgan fingerprint density at radius 3 is 2.65 bits per heavy atom. The molecule has 0 bridgehead atoms. The fourth-order valence-electron chi connectivity index (χ4n) is 1.85. The number of nitrogens with one attached hydrogen (secondary N) is 2. The molecule has 0 heterocycles. The van der Waals surface area contributed by atoms with Crippen molar-refractivity contribution >= 4 is 27.3 Å². The van der Waals surface area contributed by atoms with E-state index in [1.54, 1.807) is 0 Å². The van der Waals surface area contributed by atoms with Crippen molar-refractivity contribution in [3.05, 3.63) is 29.0 Å². The third-order valence-corrected chi connectivity index (χ3v) is 4.58. The topological polar surface area (TPSA) is 58.2 Å². The zero-order valence-electron chi connectivity index (χ0n) is 11.0. The molecule has 112 valence electrons. The molecule has 0 unspecified atom stereocenters. The predicted molar refractivity (Wildman–Crippen MR) is 79.1 cm³/mol. The van der Waals surface area contributed by atoms with Crippen molar-refractivity contribution in [1.82, 2.24) is 5.32 Å².